The predicted molar refractivity (Wildman–Crippen MR) is 158 cm³/mol. The molecular weight excluding hydrogens is 571 g/mol. The monoisotopic (exact) mass is 603 g/mol. The number of benzene rings is 1. The molecule has 4 heterocycles. The van der Waals surface area contributed by atoms with Crippen LogP contribution in [0.2, 0.25) is 0 Å². The lowest BCUT2D eigenvalue weighted by molar-refractivity contribution is -0.131. The van der Waals surface area contributed by atoms with Crippen molar-refractivity contribution >= 4 is 22.8 Å². The fraction of sp³-hybridized carbons (Fsp3) is 0.469. The van der Waals surface area contributed by atoms with E-state index in [4.69, 9.17) is 16.3 Å². The fourth-order valence-electron chi connectivity index (χ4n) is 7.14. The molecule has 3 fully saturated rings. The third-order valence-corrected chi connectivity index (χ3v) is 9.45. The smallest absolute Gasteiger partial charge is 0.320 e. The van der Waals surface area contributed by atoms with E-state index < -0.39 is 29.8 Å². The van der Waals surface area contributed by atoms with Crippen LogP contribution in [0.3, 0.4) is 0 Å². The summed E-state index contributed by atoms with van der Waals surface area (Å²) in [7, 11) is 1.84. The number of aromatic nitrogens is 3. The molecule has 1 saturated carbocycles. The van der Waals surface area contributed by atoms with E-state index in [1.807, 2.05) is 29.0 Å². The Morgan fingerprint density at radius 1 is 1.18 bits per heavy atom. The molecule has 2 aromatic heterocycles. The van der Waals surface area contributed by atoms with E-state index in [0.29, 0.717) is 36.0 Å². The van der Waals surface area contributed by atoms with Crippen LogP contribution in [0, 0.1) is 18.3 Å². The fourth-order valence-corrected chi connectivity index (χ4v) is 7.14. The van der Waals surface area contributed by atoms with E-state index in [0.717, 1.165) is 24.0 Å². The number of anilines is 1. The summed E-state index contributed by atoms with van der Waals surface area (Å²) in [5.74, 6) is -1.06. The number of fused-ring (bicyclic) bond motifs is 4. The van der Waals surface area contributed by atoms with Gasteiger partial charge in [0.15, 0.2) is 11.5 Å². The Morgan fingerprint density at radius 3 is 2.77 bits per heavy atom. The lowest BCUT2D eigenvalue weighted by Crippen LogP contribution is -2.56. The molecule has 5 atom stereocenters. The molecule has 0 spiro atoms. The van der Waals surface area contributed by atoms with Crippen molar-refractivity contribution in [2.24, 2.45) is 5.92 Å². The van der Waals surface area contributed by atoms with Crippen LogP contribution in [0.15, 0.2) is 36.7 Å². The molecule has 44 heavy (non-hydrogen) atoms. The van der Waals surface area contributed by atoms with Crippen LogP contribution in [0.5, 0.6) is 6.01 Å². The van der Waals surface area contributed by atoms with Gasteiger partial charge in [0.1, 0.15) is 36.1 Å². The topological polar surface area (TPSA) is 79.1 Å². The summed E-state index contributed by atoms with van der Waals surface area (Å²) in [4.78, 5) is 34.9. The van der Waals surface area contributed by atoms with Gasteiger partial charge >= 0.3 is 6.01 Å². The van der Waals surface area contributed by atoms with Crippen molar-refractivity contribution in [1.29, 1.82) is 0 Å². The maximum absolute atomic E-state index is 16.0. The number of amides is 1. The summed E-state index contributed by atoms with van der Waals surface area (Å²) < 4.78 is 49.8. The number of carbonyl (C=O) groups excluding carboxylic acids is 1. The summed E-state index contributed by atoms with van der Waals surface area (Å²) in [6.07, 6.45) is 1.50. The van der Waals surface area contributed by atoms with Crippen LogP contribution in [0.1, 0.15) is 29.9 Å². The number of hydrogen-bond acceptors (Lipinski definition) is 7. The Balaban J connectivity index is 1.28. The second-order valence-corrected chi connectivity index (χ2v) is 12.3. The minimum Gasteiger partial charge on any atom is -0.462 e. The molecule has 2 unspecified atom stereocenters. The molecule has 2 saturated heterocycles. The molecule has 2 aliphatic carbocycles. The zero-order valence-electron chi connectivity index (χ0n) is 24.3. The van der Waals surface area contributed by atoms with Crippen LogP contribution >= 0.6 is 0 Å². The quantitative estimate of drug-likeness (QED) is 0.294. The largest absolute Gasteiger partial charge is 0.462 e. The first kappa shape index (κ1) is 28.5. The van der Waals surface area contributed by atoms with Gasteiger partial charge in [-0.15, -0.1) is 0 Å². The number of ether oxygens (including phenoxy) is 1. The molecule has 9 nitrogen and oxygen atoms in total. The number of alkyl halides is 1. The van der Waals surface area contributed by atoms with Gasteiger partial charge in [-0.2, -0.15) is 9.97 Å². The molecule has 7 rings (SSSR count). The number of halogens is 3. The van der Waals surface area contributed by atoms with E-state index >= 15 is 4.39 Å². The van der Waals surface area contributed by atoms with Crippen molar-refractivity contribution in [1.82, 2.24) is 24.8 Å². The zero-order valence-corrected chi connectivity index (χ0v) is 24.3. The third-order valence-electron chi connectivity index (χ3n) is 9.45. The number of hydrogen-bond donors (Lipinski definition) is 0. The minimum atomic E-state index is -1.09. The molecule has 0 radical (unpaired) electrons. The average Bonchev–Trinajstić information content (AvgIpc) is 3.54. The van der Waals surface area contributed by atoms with Gasteiger partial charge in [-0.3, -0.25) is 9.69 Å². The average molecular weight is 604 g/mol. The van der Waals surface area contributed by atoms with Crippen molar-refractivity contribution in [2.45, 2.75) is 43.4 Å². The third kappa shape index (κ3) is 5.03. The zero-order chi connectivity index (χ0) is 30.7. The summed E-state index contributed by atoms with van der Waals surface area (Å²) >= 11 is 0. The molecular formula is C32H32F3N7O2. The van der Waals surface area contributed by atoms with Gasteiger partial charge in [-0.25, -0.2) is 24.7 Å². The molecule has 1 aromatic carbocycles. The van der Waals surface area contributed by atoms with Gasteiger partial charge in [0.25, 0.3) is 5.91 Å². The van der Waals surface area contributed by atoms with Gasteiger partial charge in [0.05, 0.1) is 5.39 Å². The molecule has 12 heteroatoms. The molecule has 228 valence electrons. The predicted octanol–water partition coefficient (Wildman–Crippen LogP) is 4.33. The van der Waals surface area contributed by atoms with Crippen LogP contribution in [-0.2, 0) is 11.2 Å². The van der Waals surface area contributed by atoms with Crippen molar-refractivity contribution in [3.63, 3.8) is 0 Å². The Morgan fingerprint density at radius 2 is 2.02 bits per heavy atom. The highest BCUT2D eigenvalue weighted by Gasteiger charge is 2.46. The molecule has 0 N–H and O–H groups in total. The van der Waals surface area contributed by atoms with Crippen molar-refractivity contribution in [3.05, 3.63) is 65.0 Å². The number of pyridine rings is 1. The second kappa shape index (κ2) is 11.0. The Hall–Kier alpha value is -4.24. The molecule has 2 aliphatic heterocycles. The number of likely N-dealkylation sites (N-methyl/N-ethyl adjacent to an activating group) is 1. The van der Waals surface area contributed by atoms with E-state index in [9.17, 15) is 13.6 Å². The van der Waals surface area contributed by atoms with Gasteiger partial charge in [-0.05, 0) is 55.3 Å². The summed E-state index contributed by atoms with van der Waals surface area (Å²) in [6.45, 7) is 11.5. The van der Waals surface area contributed by atoms with Gasteiger partial charge in [0, 0.05) is 37.8 Å². The molecule has 1 amide bonds. The van der Waals surface area contributed by atoms with E-state index in [2.05, 4.69) is 27.5 Å². The van der Waals surface area contributed by atoms with Gasteiger partial charge < -0.3 is 19.4 Å². The second-order valence-electron chi connectivity index (χ2n) is 12.3. The Kier molecular flexibility index (Phi) is 7.16. The van der Waals surface area contributed by atoms with Crippen LogP contribution in [0.4, 0.5) is 19.0 Å². The first-order valence-corrected chi connectivity index (χ1v) is 14.9. The Labute approximate surface area is 253 Å². The first-order valence-electron chi connectivity index (χ1n) is 14.9. The van der Waals surface area contributed by atoms with Gasteiger partial charge in [-0.1, -0.05) is 24.8 Å². The minimum absolute atomic E-state index is 0.0196. The lowest BCUT2D eigenvalue weighted by atomic mass is 9.96. The highest BCUT2D eigenvalue weighted by atomic mass is 19.1. The van der Waals surface area contributed by atoms with Crippen molar-refractivity contribution in [2.75, 3.05) is 51.3 Å². The summed E-state index contributed by atoms with van der Waals surface area (Å²) in [6, 6.07) is 6.55. The highest BCUT2D eigenvalue weighted by Crippen LogP contribution is 2.58. The summed E-state index contributed by atoms with van der Waals surface area (Å²) in [5, 5.41) is 0.355. The molecule has 3 aromatic rings. The first-order chi connectivity index (χ1) is 21.2. The van der Waals surface area contributed by atoms with Crippen LogP contribution in [0.25, 0.3) is 27.1 Å². The highest BCUT2D eigenvalue weighted by molar-refractivity contribution is 5.92. The number of likely N-dealkylation sites (tertiary alicyclic amines) is 1. The molecule has 0 bridgehead atoms. The SMILES string of the molecule is [C-]#[N+]C[C@H]1CN(c2nc(OC[C@@H]3C[C@@H](F)CN3C)nc3nc(-c4cccc5c4C4CC4C5)c(F)cc23)CCN1C(=O)C(=C)F. The number of piperazine rings is 1. The Bertz CT molecular complexity index is 1710. The lowest BCUT2D eigenvalue weighted by Gasteiger charge is -2.39. The van der Waals surface area contributed by atoms with E-state index in [1.54, 1.807) is 0 Å². The van der Waals surface area contributed by atoms with Gasteiger partial charge in [0.2, 0.25) is 6.54 Å². The maximum atomic E-state index is 16.0. The normalized spacial score (nSPS) is 25.9. The number of nitrogens with zero attached hydrogens (tertiary/aromatic N) is 7. The van der Waals surface area contributed by atoms with Crippen LogP contribution in [-0.4, -0.2) is 95.3 Å². The maximum Gasteiger partial charge on any atom is 0.320 e. The van der Waals surface area contributed by atoms with E-state index in [1.165, 1.54) is 16.5 Å². The van der Waals surface area contributed by atoms with Crippen LogP contribution < -0.4 is 9.64 Å². The van der Waals surface area contributed by atoms with Crippen molar-refractivity contribution in [3.8, 4) is 17.3 Å². The number of rotatable bonds is 7. The standard InChI is InChI=1S/C32H32F3N7O2/c1-17(33)31(43)42-8-7-41(15-22(42)13-36-2)30-25-12-26(35)28(23-6-4-5-18-9-19-10-24(19)27(18)23)37-29(25)38-32(39-30)44-16-21-11-20(34)14-40(21)3/h4-6,12,19-22,24H,1,7-11,13-16H2,3H3/t19?,20-,21+,22+,24?/m1/s1. The molecule has 4 aliphatic rings. The summed E-state index contributed by atoms with van der Waals surface area (Å²) in [5.41, 5.74) is 3.63. The van der Waals surface area contributed by atoms with E-state index in [-0.39, 0.29) is 56.2 Å². The van der Waals surface area contributed by atoms with Crippen molar-refractivity contribution < 1.29 is 22.7 Å². The number of carbonyl (C=O) groups is 1.